The van der Waals surface area contributed by atoms with Crippen LogP contribution >= 0.6 is 23.2 Å². The number of hydrogen-bond donors (Lipinski definition) is 0. The number of hydroxylamine groups is 2. The van der Waals surface area contributed by atoms with Gasteiger partial charge in [-0.3, -0.25) is 14.4 Å². The Kier molecular flexibility index (Phi) is 2.79. The number of nitrogens with zero attached hydrogens (tertiary/aromatic N) is 1. The zero-order chi connectivity index (χ0) is 11.9. The van der Waals surface area contributed by atoms with Crippen LogP contribution in [0.1, 0.15) is 0 Å². The predicted molar refractivity (Wildman–Crippen MR) is 55.4 cm³/mol. The van der Waals surface area contributed by atoms with E-state index in [1.165, 1.54) is 7.11 Å². The van der Waals surface area contributed by atoms with Gasteiger partial charge in [0.05, 0.1) is 17.2 Å². The average molecular weight is 264 g/mol. The van der Waals surface area contributed by atoms with E-state index >= 15 is 0 Å². The highest BCUT2D eigenvalue weighted by molar-refractivity contribution is 6.39. The first kappa shape index (κ1) is 11.6. The number of ketones is 1. The first-order valence-electron chi connectivity index (χ1n) is 4.33. The smallest absolute Gasteiger partial charge is 0.275 e. The fraction of sp³-hybridized carbons (Fsp3) is 0.333. The van der Waals surface area contributed by atoms with Crippen LogP contribution in [0, 0.1) is 0 Å². The van der Waals surface area contributed by atoms with Crippen LogP contribution < -0.4 is 0 Å². The van der Waals surface area contributed by atoms with Gasteiger partial charge in [-0.15, -0.1) is 0 Å². The molecule has 1 fully saturated rings. The van der Waals surface area contributed by atoms with E-state index in [0.717, 1.165) is 17.2 Å². The lowest BCUT2D eigenvalue weighted by Gasteiger charge is -2.35. The highest BCUT2D eigenvalue weighted by atomic mass is 35.5. The molecule has 1 aliphatic carbocycles. The lowest BCUT2D eigenvalue weighted by atomic mass is 10.1. The van der Waals surface area contributed by atoms with Crippen LogP contribution in [-0.2, 0) is 19.2 Å². The molecular formula is C9H7Cl2NO4. The van der Waals surface area contributed by atoms with Crippen LogP contribution in [0.4, 0.5) is 0 Å². The van der Waals surface area contributed by atoms with Crippen LogP contribution in [0.3, 0.4) is 0 Å². The summed E-state index contributed by atoms with van der Waals surface area (Å²) in [6.07, 6.45) is 2.27. The minimum Gasteiger partial charge on any atom is -0.334 e. The summed E-state index contributed by atoms with van der Waals surface area (Å²) in [5.74, 6) is -0.783. The zero-order valence-electron chi connectivity index (χ0n) is 8.20. The maximum absolute atomic E-state index is 11.5. The van der Waals surface area contributed by atoms with E-state index in [4.69, 9.17) is 32.8 Å². The second kappa shape index (κ2) is 3.85. The Hall–Kier alpha value is -0.880. The molecule has 0 aromatic carbocycles. The lowest BCUT2D eigenvalue weighted by Crippen LogP contribution is -2.48. The third-order valence-corrected chi connectivity index (χ3v) is 3.02. The quantitative estimate of drug-likeness (QED) is 0.707. The van der Waals surface area contributed by atoms with E-state index in [9.17, 15) is 9.59 Å². The molecule has 86 valence electrons. The topological polar surface area (TPSA) is 55.8 Å². The highest BCUT2D eigenvalue weighted by Gasteiger charge is 2.54. The molecule has 7 heteroatoms. The molecule has 2 aliphatic rings. The maximum atomic E-state index is 11.5. The Labute approximate surface area is 101 Å². The molecule has 1 aliphatic heterocycles. The molecule has 0 atom stereocenters. The summed E-state index contributed by atoms with van der Waals surface area (Å²) in [6.45, 7) is -0.212. The molecule has 0 unspecified atom stereocenters. The third-order valence-electron chi connectivity index (χ3n) is 2.29. The molecule has 1 spiro atoms. The van der Waals surface area contributed by atoms with Gasteiger partial charge < -0.3 is 4.74 Å². The van der Waals surface area contributed by atoms with Crippen LogP contribution in [0.25, 0.3) is 0 Å². The molecule has 5 nitrogen and oxygen atoms in total. The molecule has 0 aromatic rings. The molecule has 0 N–H and O–H groups in total. The van der Waals surface area contributed by atoms with E-state index in [-0.39, 0.29) is 22.5 Å². The van der Waals surface area contributed by atoms with Gasteiger partial charge in [-0.1, -0.05) is 23.2 Å². The fourth-order valence-corrected chi connectivity index (χ4v) is 2.35. The van der Waals surface area contributed by atoms with Gasteiger partial charge in [-0.05, 0) is 0 Å². The van der Waals surface area contributed by atoms with Crippen molar-refractivity contribution in [3.8, 4) is 0 Å². The van der Waals surface area contributed by atoms with Gasteiger partial charge in [0.2, 0.25) is 5.72 Å². The van der Waals surface area contributed by atoms with Gasteiger partial charge in [0.1, 0.15) is 6.61 Å². The van der Waals surface area contributed by atoms with E-state index < -0.39 is 11.6 Å². The summed E-state index contributed by atoms with van der Waals surface area (Å²) >= 11 is 11.8. The molecule has 0 aromatic heterocycles. The summed E-state index contributed by atoms with van der Waals surface area (Å²) in [5.41, 5.74) is -1.50. The van der Waals surface area contributed by atoms with E-state index in [1.54, 1.807) is 0 Å². The van der Waals surface area contributed by atoms with Crippen LogP contribution in [0.5, 0.6) is 0 Å². The number of allylic oxidation sites excluding steroid dienone is 2. The minimum absolute atomic E-state index is 0.00213. The van der Waals surface area contributed by atoms with Gasteiger partial charge in [0.15, 0.2) is 5.78 Å². The van der Waals surface area contributed by atoms with Crippen molar-refractivity contribution >= 4 is 34.9 Å². The number of carbonyl (C=O) groups is 2. The molecule has 0 bridgehead atoms. The number of rotatable bonds is 1. The number of halogens is 2. The zero-order valence-corrected chi connectivity index (χ0v) is 9.71. The van der Waals surface area contributed by atoms with Crippen molar-refractivity contribution in [2.24, 2.45) is 0 Å². The van der Waals surface area contributed by atoms with Crippen LogP contribution in [0.15, 0.2) is 22.2 Å². The molecule has 16 heavy (non-hydrogen) atoms. The summed E-state index contributed by atoms with van der Waals surface area (Å²) in [5, 5.41) is 0.910. The maximum Gasteiger partial charge on any atom is 0.275 e. The van der Waals surface area contributed by atoms with Gasteiger partial charge in [0, 0.05) is 12.2 Å². The highest BCUT2D eigenvalue weighted by Crippen LogP contribution is 2.43. The van der Waals surface area contributed by atoms with E-state index in [0.29, 0.717) is 0 Å². The van der Waals surface area contributed by atoms with Crippen molar-refractivity contribution in [3.63, 3.8) is 0 Å². The number of hydrogen-bond acceptors (Lipinski definition) is 4. The number of amides is 1. The fourth-order valence-electron chi connectivity index (χ4n) is 1.62. The van der Waals surface area contributed by atoms with E-state index in [1.807, 2.05) is 0 Å². The third kappa shape index (κ3) is 1.40. The summed E-state index contributed by atoms with van der Waals surface area (Å²) in [4.78, 5) is 27.5. The Morgan fingerprint density at radius 3 is 2.44 bits per heavy atom. The summed E-state index contributed by atoms with van der Waals surface area (Å²) in [7, 11) is 1.29. The average Bonchev–Trinajstić information content (AvgIpc) is 2.53. The summed E-state index contributed by atoms with van der Waals surface area (Å²) in [6, 6.07) is 0. The second-order valence-corrected chi connectivity index (χ2v) is 4.00. The molecule has 1 amide bonds. The Balaban J connectivity index is 2.52. The first-order valence-corrected chi connectivity index (χ1v) is 5.08. The first-order chi connectivity index (χ1) is 7.52. The number of carbonyl (C=O) groups excluding carboxylic acids is 2. The minimum atomic E-state index is -1.50. The van der Waals surface area contributed by atoms with Crippen molar-refractivity contribution in [1.29, 1.82) is 0 Å². The Bertz CT molecular complexity index is 407. The normalized spacial score (nSPS) is 23.8. The number of ether oxygens (including phenoxy) is 1. The van der Waals surface area contributed by atoms with Crippen LogP contribution in [0.2, 0.25) is 0 Å². The second-order valence-electron chi connectivity index (χ2n) is 3.19. The molecular weight excluding hydrogens is 257 g/mol. The van der Waals surface area contributed by atoms with Crippen molar-refractivity contribution in [1.82, 2.24) is 5.06 Å². The standard InChI is InChI=1S/C9H7Cl2NO4/c1-15-12-8(14)4-16-9(12)6(10)2-5(13)3-7(9)11/h2-3H,4H2,1H3. The van der Waals surface area contributed by atoms with Gasteiger partial charge in [0.25, 0.3) is 5.91 Å². The molecule has 0 saturated carbocycles. The SMILES string of the molecule is CON1C(=O)COC12C(Cl)=CC(=O)C=C2Cl. The van der Waals surface area contributed by atoms with Crippen molar-refractivity contribution in [2.75, 3.05) is 13.7 Å². The molecule has 1 heterocycles. The Morgan fingerprint density at radius 1 is 1.38 bits per heavy atom. The van der Waals surface area contributed by atoms with Crippen molar-refractivity contribution in [2.45, 2.75) is 5.72 Å². The monoisotopic (exact) mass is 263 g/mol. The molecule has 0 radical (unpaired) electrons. The van der Waals surface area contributed by atoms with Crippen molar-refractivity contribution < 1.29 is 19.2 Å². The van der Waals surface area contributed by atoms with Crippen molar-refractivity contribution in [3.05, 3.63) is 22.2 Å². The largest absolute Gasteiger partial charge is 0.334 e. The lowest BCUT2D eigenvalue weighted by molar-refractivity contribution is -0.208. The van der Waals surface area contributed by atoms with Gasteiger partial charge >= 0.3 is 0 Å². The van der Waals surface area contributed by atoms with Gasteiger partial charge in [-0.25, -0.2) is 0 Å². The summed E-state index contributed by atoms with van der Waals surface area (Å²) < 4.78 is 5.27. The Morgan fingerprint density at radius 2 is 1.94 bits per heavy atom. The molecule has 2 rings (SSSR count). The molecule has 1 saturated heterocycles. The van der Waals surface area contributed by atoms with E-state index in [2.05, 4.69) is 0 Å². The van der Waals surface area contributed by atoms with Gasteiger partial charge in [-0.2, -0.15) is 5.06 Å². The van der Waals surface area contributed by atoms with Crippen LogP contribution in [-0.4, -0.2) is 36.2 Å². The predicted octanol–water partition coefficient (Wildman–Crippen LogP) is 0.931.